The van der Waals surface area contributed by atoms with Gasteiger partial charge in [0.2, 0.25) is 0 Å². The van der Waals surface area contributed by atoms with E-state index < -0.39 is 5.97 Å². The van der Waals surface area contributed by atoms with Crippen molar-refractivity contribution in [2.45, 2.75) is 17.1 Å². The normalized spacial score (nSPS) is 10.5. The quantitative estimate of drug-likeness (QED) is 0.785. The first kappa shape index (κ1) is 14.1. The SMILES string of the molecule is CCOC(=O)c1cc(N)cnc1Sc1n[nH]c(=O)n1C. The number of nitrogens with two attached hydrogens (primary N) is 1. The Labute approximate surface area is 118 Å². The predicted octanol–water partition coefficient (Wildman–Crippen LogP) is 0.413. The number of H-pyrrole nitrogens is 1. The molecular weight excluding hydrogens is 282 g/mol. The number of nitrogen functional groups attached to an aromatic ring is 1. The van der Waals surface area contributed by atoms with Crippen LogP contribution in [0.15, 0.2) is 27.2 Å². The minimum atomic E-state index is -0.518. The summed E-state index contributed by atoms with van der Waals surface area (Å²) >= 11 is 1.08. The number of carbonyl (C=O) groups excluding carboxylic acids is 1. The van der Waals surface area contributed by atoms with Gasteiger partial charge in [-0.2, -0.15) is 0 Å². The molecule has 0 radical (unpaired) electrons. The van der Waals surface area contributed by atoms with Crippen molar-refractivity contribution in [1.82, 2.24) is 19.7 Å². The zero-order valence-corrected chi connectivity index (χ0v) is 11.7. The summed E-state index contributed by atoms with van der Waals surface area (Å²) in [4.78, 5) is 27.3. The Bertz CT molecular complexity index is 694. The van der Waals surface area contributed by atoms with Gasteiger partial charge in [-0.15, -0.1) is 5.10 Å². The first-order chi connectivity index (χ1) is 9.52. The topological polar surface area (TPSA) is 116 Å². The lowest BCUT2D eigenvalue weighted by molar-refractivity contribution is 0.0521. The van der Waals surface area contributed by atoms with Gasteiger partial charge in [-0.1, -0.05) is 0 Å². The second kappa shape index (κ2) is 5.78. The number of nitrogens with one attached hydrogen (secondary N) is 1. The van der Waals surface area contributed by atoms with Gasteiger partial charge in [-0.05, 0) is 24.8 Å². The van der Waals surface area contributed by atoms with Gasteiger partial charge in [0.25, 0.3) is 0 Å². The molecule has 2 rings (SSSR count). The third kappa shape index (κ3) is 2.82. The molecule has 106 valence electrons. The zero-order chi connectivity index (χ0) is 14.7. The van der Waals surface area contributed by atoms with E-state index in [0.29, 0.717) is 15.9 Å². The second-order valence-electron chi connectivity index (χ2n) is 3.81. The van der Waals surface area contributed by atoms with E-state index in [1.165, 1.54) is 16.8 Å². The Morgan fingerprint density at radius 3 is 2.95 bits per heavy atom. The number of nitrogens with zero attached hydrogens (tertiary/aromatic N) is 3. The molecule has 9 heteroatoms. The Kier molecular flexibility index (Phi) is 4.08. The molecule has 0 fully saturated rings. The minimum absolute atomic E-state index is 0.243. The molecule has 0 aliphatic heterocycles. The second-order valence-corrected chi connectivity index (χ2v) is 4.77. The van der Waals surface area contributed by atoms with E-state index in [1.807, 2.05) is 0 Å². The van der Waals surface area contributed by atoms with E-state index in [4.69, 9.17) is 10.5 Å². The van der Waals surface area contributed by atoms with Crippen LogP contribution in [0.4, 0.5) is 5.69 Å². The highest BCUT2D eigenvalue weighted by atomic mass is 32.2. The van der Waals surface area contributed by atoms with Crippen LogP contribution in [-0.2, 0) is 11.8 Å². The van der Waals surface area contributed by atoms with E-state index in [1.54, 1.807) is 14.0 Å². The molecule has 0 aliphatic carbocycles. The van der Waals surface area contributed by atoms with Crippen molar-refractivity contribution < 1.29 is 9.53 Å². The molecule has 8 nitrogen and oxygen atoms in total. The number of hydrogen-bond acceptors (Lipinski definition) is 7. The summed E-state index contributed by atoms with van der Waals surface area (Å²) < 4.78 is 6.27. The molecule has 0 aliphatic rings. The molecule has 0 unspecified atom stereocenters. The molecule has 0 aromatic carbocycles. The lowest BCUT2D eigenvalue weighted by Crippen LogP contribution is -2.13. The van der Waals surface area contributed by atoms with Gasteiger partial charge in [0, 0.05) is 7.05 Å². The summed E-state index contributed by atoms with van der Waals surface area (Å²) in [5, 5.41) is 6.92. The van der Waals surface area contributed by atoms with Crippen LogP contribution in [0.2, 0.25) is 0 Å². The summed E-state index contributed by atoms with van der Waals surface area (Å²) in [6.45, 7) is 1.96. The Hall–Kier alpha value is -2.29. The molecule has 0 atom stereocenters. The number of esters is 1. The fourth-order valence-electron chi connectivity index (χ4n) is 1.42. The summed E-state index contributed by atoms with van der Waals surface area (Å²) in [5.74, 6) is -0.518. The number of ether oxygens (including phenoxy) is 1. The molecule has 0 saturated heterocycles. The van der Waals surface area contributed by atoms with Crippen LogP contribution in [0, 0.1) is 0 Å². The van der Waals surface area contributed by atoms with E-state index in [9.17, 15) is 9.59 Å². The van der Waals surface area contributed by atoms with E-state index in [-0.39, 0.29) is 17.9 Å². The molecule has 2 aromatic rings. The van der Waals surface area contributed by atoms with Crippen LogP contribution in [0.25, 0.3) is 0 Å². The highest BCUT2D eigenvalue weighted by Gasteiger charge is 2.18. The van der Waals surface area contributed by atoms with E-state index >= 15 is 0 Å². The highest BCUT2D eigenvalue weighted by molar-refractivity contribution is 7.99. The smallest absolute Gasteiger partial charge is 0.343 e. The lowest BCUT2D eigenvalue weighted by atomic mass is 10.3. The monoisotopic (exact) mass is 295 g/mol. The van der Waals surface area contributed by atoms with Crippen molar-refractivity contribution >= 4 is 23.4 Å². The molecule has 0 amide bonds. The standard InChI is InChI=1S/C11H13N5O3S/c1-3-19-9(17)7-4-6(12)5-13-8(7)20-11-15-14-10(18)16(11)2/h4-5H,3,12H2,1-2H3,(H,14,18). The number of carbonyl (C=O) groups is 1. The fraction of sp³-hybridized carbons (Fsp3) is 0.273. The van der Waals surface area contributed by atoms with Crippen molar-refractivity contribution in [2.24, 2.45) is 7.05 Å². The third-order valence-electron chi connectivity index (χ3n) is 2.39. The van der Waals surface area contributed by atoms with Crippen molar-refractivity contribution in [1.29, 1.82) is 0 Å². The maximum Gasteiger partial charge on any atom is 0.343 e. The fourth-order valence-corrected chi connectivity index (χ4v) is 2.26. The molecule has 3 N–H and O–H groups in total. The molecule has 2 heterocycles. The van der Waals surface area contributed by atoms with Crippen molar-refractivity contribution in [2.75, 3.05) is 12.3 Å². The summed E-state index contributed by atoms with van der Waals surface area (Å²) in [5.41, 5.74) is 5.88. The molecule has 0 saturated carbocycles. The van der Waals surface area contributed by atoms with Crippen molar-refractivity contribution in [3.63, 3.8) is 0 Å². The number of aromatic nitrogens is 4. The number of anilines is 1. The molecule has 20 heavy (non-hydrogen) atoms. The molecule has 2 aromatic heterocycles. The molecular formula is C11H13N5O3S. The average molecular weight is 295 g/mol. The van der Waals surface area contributed by atoms with Gasteiger partial charge in [0.15, 0.2) is 5.16 Å². The summed E-state index contributed by atoms with van der Waals surface area (Å²) in [6, 6.07) is 1.48. The van der Waals surface area contributed by atoms with E-state index in [0.717, 1.165) is 11.8 Å². The largest absolute Gasteiger partial charge is 0.462 e. The van der Waals surface area contributed by atoms with Crippen LogP contribution < -0.4 is 11.4 Å². The predicted molar refractivity (Wildman–Crippen MR) is 72.6 cm³/mol. The van der Waals surface area contributed by atoms with Crippen LogP contribution >= 0.6 is 11.8 Å². The van der Waals surface area contributed by atoms with Gasteiger partial charge in [0.1, 0.15) is 5.03 Å². The van der Waals surface area contributed by atoms with Gasteiger partial charge in [-0.3, -0.25) is 4.57 Å². The number of aromatic amines is 1. The van der Waals surface area contributed by atoms with Crippen LogP contribution in [0.3, 0.4) is 0 Å². The Morgan fingerprint density at radius 1 is 1.60 bits per heavy atom. The Morgan fingerprint density at radius 2 is 2.35 bits per heavy atom. The Balaban J connectivity index is 2.38. The number of hydrogen-bond donors (Lipinski definition) is 2. The van der Waals surface area contributed by atoms with Gasteiger partial charge in [0.05, 0.1) is 24.1 Å². The first-order valence-corrected chi connectivity index (χ1v) is 6.56. The van der Waals surface area contributed by atoms with Gasteiger partial charge >= 0.3 is 11.7 Å². The van der Waals surface area contributed by atoms with E-state index in [2.05, 4.69) is 15.2 Å². The highest BCUT2D eigenvalue weighted by Crippen LogP contribution is 2.27. The lowest BCUT2D eigenvalue weighted by Gasteiger charge is -2.07. The van der Waals surface area contributed by atoms with Crippen LogP contribution in [-0.4, -0.2) is 32.3 Å². The molecule has 0 bridgehead atoms. The summed E-state index contributed by atoms with van der Waals surface area (Å²) in [7, 11) is 1.56. The van der Waals surface area contributed by atoms with Crippen LogP contribution in [0.5, 0.6) is 0 Å². The maximum atomic E-state index is 11.9. The maximum absolute atomic E-state index is 11.9. The van der Waals surface area contributed by atoms with Gasteiger partial charge < -0.3 is 10.5 Å². The number of pyridine rings is 1. The minimum Gasteiger partial charge on any atom is -0.462 e. The first-order valence-electron chi connectivity index (χ1n) is 5.74. The number of rotatable bonds is 4. The average Bonchev–Trinajstić information content (AvgIpc) is 2.73. The third-order valence-corrected chi connectivity index (χ3v) is 3.46. The van der Waals surface area contributed by atoms with Crippen LogP contribution in [0.1, 0.15) is 17.3 Å². The van der Waals surface area contributed by atoms with Gasteiger partial charge in [-0.25, -0.2) is 19.7 Å². The molecule has 0 spiro atoms. The van der Waals surface area contributed by atoms with Crippen molar-refractivity contribution in [3.05, 3.63) is 28.3 Å². The summed E-state index contributed by atoms with van der Waals surface area (Å²) in [6.07, 6.45) is 1.43. The van der Waals surface area contributed by atoms with Crippen molar-refractivity contribution in [3.8, 4) is 0 Å². The zero-order valence-electron chi connectivity index (χ0n) is 10.9.